The van der Waals surface area contributed by atoms with Crippen molar-refractivity contribution in [2.24, 2.45) is 0 Å². The van der Waals surface area contributed by atoms with E-state index in [-0.39, 0.29) is 49.9 Å². The lowest BCUT2D eigenvalue weighted by Crippen LogP contribution is -2.44. The molecular formula is C33H37N3O8. The van der Waals surface area contributed by atoms with Gasteiger partial charge in [0.25, 0.3) is 0 Å². The third kappa shape index (κ3) is 7.07. The number of nitrogens with one attached hydrogen (secondary N) is 2. The molecule has 0 radical (unpaired) electrons. The molecule has 3 unspecified atom stereocenters. The quantitative estimate of drug-likeness (QED) is 0.274. The summed E-state index contributed by atoms with van der Waals surface area (Å²) in [6.07, 6.45) is 3.73. The summed E-state index contributed by atoms with van der Waals surface area (Å²) in [5.74, 6) is -2.48. The summed E-state index contributed by atoms with van der Waals surface area (Å²) >= 11 is 0. The lowest BCUT2D eigenvalue weighted by Gasteiger charge is -2.30. The van der Waals surface area contributed by atoms with Gasteiger partial charge in [0, 0.05) is 64.5 Å². The van der Waals surface area contributed by atoms with E-state index in [2.05, 4.69) is 10.6 Å². The van der Waals surface area contributed by atoms with E-state index >= 15 is 0 Å². The van der Waals surface area contributed by atoms with Crippen LogP contribution in [0.2, 0.25) is 0 Å². The maximum atomic E-state index is 13.6. The molecule has 2 aromatic carbocycles. The average molecular weight is 604 g/mol. The summed E-state index contributed by atoms with van der Waals surface area (Å²) in [5.41, 5.74) is 3.38. The summed E-state index contributed by atoms with van der Waals surface area (Å²) in [6, 6.07) is 14.8. The van der Waals surface area contributed by atoms with E-state index < -0.39 is 36.0 Å². The SMILES string of the molecule is CN(C)C(=O)C=Cc1ccccc1C(=O)OC1CC(C(=O)NCCC(=O)NCCO)=CC2OC3(Cc4ccccc4C3)OC21. The Morgan fingerprint density at radius 1 is 1.00 bits per heavy atom. The van der Waals surface area contributed by atoms with Crippen LogP contribution in [0.1, 0.15) is 39.9 Å². The highest BCUT2D eigenvalue weighted by Crippen LogP contribution is 2.45. The van der Waals surface area contributed by atoms with E-state index in [4.69, 9.17) is 19.3 Å². The Hall–Kier alpha value is -4.32. The molecule has 1 spiro atoms. The molecule has 5 rings (SSSR count). The Bertz CT molecular complexity index is 1460. The first kappa shape index (κ1) is 31.1. The summed E-state index contributed by atoms with van der Waals surface area (Å²) in [4.78, 5) is 52.2. The van der Waals surface area contributed by atoms with E-state index in [1.807, 2.05) is 24.3 Å². The Labute approximate surface area is 255 Å². The zero-order valence-electron chi connectivity index (χ0n) is 24.8. The van der Waals surface area contributed by atoms with Gasteiger partial charge >= 0.3 is 5.97 Å². The van der Waals surface area contributed by atoms with E-state index in [0.717, 1.165) is 11.1 Å². The molecule has 3 atom stereocenters. The summed E-state index contributed by atoms with van der Waals surface area (Å²) in [6.45, 7) is 0.0626. The van der Waals surface area contributed by atoms with Gasteiger partial charge in [-0.3, -0.25) is 14.4 Å². The van der Waals surface area contributed by atoms with Crippen molar-refractivity contribution < 1.29 is 38.5 Å². The van der Waals surface area contributed by atoms with E-state index in [1.54, 1.807) is 50.5 Å². The number of aliphatic hydroxyl groups excluding tert-OH is 1. The first-order valence-corrected chi connectivity index (χ1v) is 14.7. The zero-order chi connectivity index (χ0) is 31.3. The van der Waals surface area contributed by atoms with Gasteiger partial charge in [0.05, 0.1) is 12.2 Å². The summed E-state index contributed by atoms with van der Waals surface area (Å²) in [7, 11) is 3.28. The van der Waals surface area contributed by atoms with Crippen molar-refractivity contribution in [3.63, 3.8) is 0 Å². The molecule has 44 heavy (non-hydrogen) atoms. The Balaban J connectivity index is 1.34. The number of aliphatic hydroxyl groups is 1. The van der Waals surface area contributed by atoms with Crippen molar-refractivity contribution in [3.05, 3.63) is 88.5 Å². The number of benzene rings is 2. The first-order chi connectivity index (χ1) is 21.2. The number of likely N-dealkylation sites (N-methyl/N-ethyl adjacent to an activating group) is 1. The van der Waals surface area contributed by atoms with Crippen molar-refractivity contribution in [1.82, 2.24) is 15.5 Å². The fourth-order valence-corrected chi connectivity index (χ4v) is 5.69. The van der Waals surface area contributed by atoms with E-state index in [9.17, 15) is 19.2 Å². The molecule has 2 aliphatic carbocycles. The molecule has 1 saturated heterocycles. The first-order valence-electron chi connectivity index (χ1n) is 14.7. The van der Waals surface area contributed by atoms with Crippen LogP contribution in [0.4, 0.5) is 0 Å². The molecule has 1 aliphatic heterocycles. The molecule has 1 heterocycles. The average Bonchev–Trinajstić information content (AvgIpc) is 3.56. The number of fused-ring (bicyclic) bond motifs is 2. The summed E-state index contributed by atoms with van der Waals surface area (Å²) < 4.78 is 19.1. The van der Waals surface area contributed by atoms with Crippen molar-refractivity contribution in [3.8, 4) is 0 Å². The molecule has 0 aromatic heterocycles. The smallest absolute Gasteiger partial charge is 0.339 e. The molecule has 0 bridgehead atoms. The monoisotopic (exact) mass is 603 g/mol. The van der Waals surface area contributed by atoms with Crippen LogP contribution in [-0.2, 0) is 41.4 Å². The number of amides is 3. The van der Waals surface area contributed by atoms with Crippen molar-refractivity contribution in [1.29, 1.82) is 0 Å². The molecule has 0 saturated carbocycles. The maximum Gasteiger partial charge on any atom is 0.339 e. The highest BCUT2D eigenvalue weighted by molar-refractivity contribution is 5.97. The van der Waals surface area contributed by atoms with Crippen molar-refractivity contribution >= 4 is 29.8 Å². The Kier molecular flexibility index (Phi) is 9.58. The molecule has 3 aliphatic rings. The van der Waals surface area contributed by atoms with Crippen LogP contribution in [0.15, 0.2) is 66.3 Å². The maximum absolute atomic E-state index is 13.6. The third-order valence-corrected chi connectivity index (χ3v) is 7.87. The number of hydrogen-bond donors (Lipinski definition) is 3. The molecule has 2 aromatic rings. The number of nitrogens with zero attached hydrogens (tertiary/aromatic N) is 1. The molecular weight excluding hydrogens is 566 g/mol. The molecule has 3 amide bonds. The van der Waals surface area contributed by atoms with Crippen LogP contribution in [0.25, 0.3) is 6.08 Å². The number of ether oxygens (including phenoxy) is 3. The van der Waals surface area contributed by atoms with Crippen molar-refractivity contribution in [2.45, 2.75) is 49.8 Å². The van der Waals surface area contributed by atoms with Gasteiger partial charge < -0.3 is 34.9 Å². The van der Waals surface area contributed by atoms with Crippen LogP contribution in [0.3, 0.4) is 0 Å². The van der Waals surface area contributed by atoms with Gasteiger partial charge in [0.2, 0.25) is 17.7 Å². The minimum absolute atomic E-state index is 0.0467. The summed E-state index contributed by atoms with van der Waals surface area (Å²) in [5, 5.41) is 14.2. The number of carbonyl (C=O) groups is 4. The number of hydrogen-bond acceptors (Lipinski definition) is 8. The largest absolute Gasteiger partial charge is 0.456 e. The second-order valence-corrected chi connectivity index (χ2v) is 11.3. The minimum atomic E-state index is -0.940. The fourth-order valence-electron chi connectivity index (χ4n) is 5.69. The molecule has 1 fully saturated rings. The topological polar surface area (TPSA) is 144 Å². The van der Waals surface area contributed by atoms with Crippen LogP contribution < -0.4 is 10.6 Å². The van der Waals surface area contributed by atoms with Crippen LogP contribution in [-0.4, -0.2) is 91.6 Å². The third-order valence-electron chi connectivity index (χ3n) is 7.87. The van der Waals surface area contributed by atoms with Gasteiger partial charge in [-0.2, -0.15) is 0 Å². The van der Waals surface area contributed by atoms with Gasteiger partial charge in [-0.05, 0) is 34.9 Å². The molecule has 3 N–H and O–H groups in total. The van der Waals surface area contributed by atoms with Crippen molar-refractivity contribution in [2.75, 3.05) is 33.8 Å². The fraction of sp³-hybridized carbons (Fsp3) is 0.394. The Morgan fingerprint density at radius 3 is 2.41 bits per heavy atom. The van der Waals surface area contributed by atoms with Crippen LogP contribution in [0.5, 0.6) is 0 Å². The number of carbonyl (C=O) groups excluding carboxylic acids is 4. The molecule has 232 valence electrons. The number of esters is 1. The predicted molar refractivity (Wildman–Crippen MR) is 160 cm³/mol. The van der Waals surface area contributed by atoms with Crippen LogP contribution >= 0.6 is 0 Å². The number of rotatable bonds is 10. The Morgan fingerprint density at radius 2 is 1.70 bits per heavy atom. The molecule has 11 nitrogen and oxygen atoms in total. The highest BCUT2D eigenvalue weighted by atomic mass is 16.8. The van der Waals surface area contributed by atoms with Gasteiger partial charge in [-0.15, -0.1) is 0 Å². The second kappa shape index (κ2) is 13.5. The van der Waals surface area contributed by atoms with Gasteiger partial charge in [0.1, 0.15) is 18.3 Å². The van der Waals surface area contributed by atoms with E-state index in [0.29, 0.717) is 24.0 Å². The standard InChI is InChI=1S/C33H37N3O8/c1-36(2)29(39)12-11-21-7-5-6-10-25(21)32(41)42-26-17-24(31(40)35-14-13-28(38)34-15-16-37)18-27-30(26)44-33(43-27)19-22-8-3-4-9-23(22)20-33/h3-12,18,26-27,30,37H,13-17,19-20H2,1-2H3,(H,34,38)(H,35,40). The second-order valence-electron chi connectivity index (χ2n) is 11.3. The van der Waals surface area contributed by atoms with Gasteiger partial charge in [-0.1, -0.05) is 42.5 Å². The van der Waals surface area contributed by atoms with E-state index in [1.165, 1.54) is 11.0 Å². The molecule has 11 heteroatoms. The van der Waals surface area contributed by atoms with Gasteiger partial charge in [0.15, 0.2) is 5.79 Å². The van der Waals surface area contributed by atoms with Gasteiger partial charge in [-0.25, -0.2) is 4.79 Å². The predicted octanol–water partition coefficient (Wildman–Crippen LogP) is 1.54. The highest BCUT2D eigenvalue weighted by Gasteiger charge is 2.55. The minimum Gasteiger partial charge on any atom is -0.456 e. The normalized spacial score (nSPS) is 21.3. The lowest BCUT2D eigenvalue weighted by atomic mass is 9.91. The lowest BCUT2D eigenvalue weighted by molar-refractivity contribution is -0.172. The van der Waals surface area contributed by atoms with Crippen LogP contribution in [0, 0.1) is 0 Å². The zero-order valence-corrected chi connectivity index (χ0v) is 24.8.